The standard InChI is InChI=1S/C13H12FN3O2/c1-7-2-5-9(6-10(7)14)17-12(8-3-4-8)11(13(18)19)15-16-17/h2,5-6,8H,3-4H2,1H3,(H,18,19). The highest BCUT2D eigenvalue weighted by Gasteiger charge is 2.34. The summed E-state index contributed by atoms with van der Waals surface area (Å²) in [5.74, 6) is -1.28. The van der Waals surface area contributed by atoms with Crippen molar-refractivity contribution in [2.24, 2.45) is 0 Å². The van der Waals surface area contributed by atoms with Gasteiger partial charge in [0.05, 0.1) is 11.4 Å². The van der Waals surface area contributed by atoms with E-state index in [9.17, 15) is 9.18 Å². The third-order valence-corrected chi connectivity index (χ3v) is 3.27. The normalized spacial score (nSPS) is 14.6. The van der Waals surface area contributed by atoms with Crippen molar-refractivity contribution in [3.05, 3.63) is 41.0 Å². The summed E-state index contributed by atoms with van der Waals surface area (Å²) in [7, 11) is 0. The Morgan fingerprint density at radius 3 is 2.79 bits per heavy atom. The Balaban J connectivity index is 2.14. The first-order chi connectivity index (χ1) is 9.08. The lowest BCUT2D eigenvalue weighted by Gasteiger charge is -2.07. The number of carbonyl (C=O) groups is 1. The topological polar surface area (TPSA) is 68.0 Å². The minimum atomic E-state index is -1.10. The molecule has 19 heavy (non-hydrogen) atoms. The molecule has 0 saturated heterocycles. The quantitative estimate of drug-likeness (QED) is 0.920. The average molecular weight is 261 g/mol. The fourth-order valence-corrected chi connectivity index (χ4v) is 2.07. The van der Waals surface area contributed by atoms with Gasteiger partial charge in [-0.1, -0.05) is 11.3 Å². The molecule has 1 saturated carbocycles. The van der Waals surface area contributed by atoms with Crippen LogP contribution in [0.4, 0.5) is 4.39 Å². The summed E-state index contributed by atoms with van der Waals surface area (Å²) >= 11 is 0. The Labute approximate surface area is 108 Å². The molecule has 98 valence electrons. The second-order valence-electron chi connectivity index (χ2n) is 4.75. The molecule has 6 heteroatoms. The second kappa shape index (κ2) is 4.15. The van der Waals surface area contributed by atoms with Crippen LogP contribution in [0, 0.1) is 12.7 Å². The smallest absolute Gasteiger partial charge is 0.358 e. The van der Waals surface area contributed by atoms with Gasteiger partial charge in [-0.05, 0) is 37.5 Å². The van der Waals surface area contributed by atoms with Crippen molar-refractivity contribution in [1.29, 1.82) is 0 Å². The van der Waals surface area contributed by atoms with E-state index < -0.39 is 5.97 Å². The van der Waals surface area contributed by atoms with Crippen molar-refractivity contribution in [3.63, 3.8) is 0 Å². The van der Waals surface area contributed by atoms with E-state index in [-0.39, 0.29) is 17.4 Å². The van der Waals surface area contributed by atoms with Crippen LogP contribution in [0.5, 0.6) is 0 Å². The van der Waals surface area contributed by atoms with Crippen molar-refractivity contribution in [1.82, 2.24) is 15.0 Å². The van der Waals surface area contributed by atoms with Crippen LogP contribution in [-0.2, 0) is 0 Å². The molecule has 0 bridgehead atoms. The largest absolute Gasteiger partial charge is 0.476 e. The number of aromatic carboxylic acids is 1. The van der Waals surface area contributed by atoms with Crippen LogP contribution in [0.15, 0.2) is 18.2 Å². The Hall–Kier alpha value is -2.24. The summed E-state index contributed by atoms with van der Waals surface area (Å²) in [5, 5.41) is 16.7. The molecule has 1 aliphatic carbocycles. The van der Waals surface area contributed by atoms with E-state index in [2.05, 4.69) is 10.3 Å². The summed E-state index contributed by atoms with van der Waals surface area (Å²) in [5.41, 5.74) is 1.57. The molecule has 1 fully saturated rings. The summed E-state index contributed by atoms with van der Waals surface area (Å²) in [6.07, 6.45) is 1.84. The molecule has 0 radical (unpaired) electrons. The van der Waals surface area contributed by atoms with Crippen LogP contribution < -0.4 is 0 Å². The molecule has 1 heterocycles. The number of benzene rings is 1. The third kappa shape index (κ3) is 1.99. The van der Waals surface area contributed by atoms with Gasteiger partial charge in [-0.3, -0.25) is 0 Å². The maximum Gasteiger partial charge on any atom is 0.358 e. The van der Waals surface area contributed by atoms with Gasteiger partial charge < -0.3 is 5.11 Å². The molecule has 0 aliphatic heterocycles. The first kappa shape index (κ1) is 11.8. The van der Waals surface area contributed by atoms with Crippen LogP contribution in [0.1, 0.15) is 40.5 Å². The van der Waals surface area contributed by atoms with Crippen LogP contribution in [0.25, 0.3) is 5.69 Å². The van der Waals surface area contributed by atoms with Crippen molar-refractivity contribution >= 4 is 5.97 Å². The number of carboxylic acids is 1. The number of aromatic nitrogens is 3. The van der Waals surface area contributed by atoms with Crippen LogP contribution in [0.2, 0.25) is 0 Å². The van der Waals surface area contributed by atoms with Gasteiger partial charge in [0.2, 0.25) is 0 Å². The zero-order valence-corrected chi connectivity index (χ0v) is 10.3. The highest BCUT2D eigenvalue weighted by Crippen LogP contribution is 2.41. The van der Waals surface area contributed by atoms with Crippen LogP contribution >= 0.6 is 0 Å². The molecule has 0 atom stereocenters. The molecule has 1 aromatic heterocycles. The van der Waals surface area contributed by atoms with E-state index in [0.717, 1.165) is 12.8 Å². The van der Waals surface area contributed by atoms with Crippen molar-refractivity contribution in [2.45, 2.75) is 25.7 Å². The lowest BCUT2D eigenvalue weighted by atomic mass is 10.2. The predicted molar refractivity (Wildman–Crippen MR) is 65.0 cm³/mol. The molecule has 2 aromatic rings. The van der Waals surface area contributed by atoms with E-state index in [1.807, 2.05) is 0 Å². The molecular weight excluding hydrogens is 249 g/mol. The van der Waals surface area contributed by atoms with Gasteiger partial charge in [0.25, 0.3) is 0 Å². The molecule has 0 spiro atoms. The second-order valence-corrected chi connectivity index (χ2v) is 4.75. The van der Waals surface area contributed by atoms with Gasteiger partial charge in [0.15, 0.2) is 5.69 Å². The maximum atomic E-state index is 13.6. The SMILES string of the molecule is Cc1ccc(-n2nnc(C(=O)O)c2C2CC2)cc1F. The molecule has 1 aliphatic rings. The van der Waals surface area contributed by atoms with Gasteiger partial charge in [-0.2, -0.15) is 0 Å². The Kier molecular flexibility index (Phi) is 2.58. The van der Waals surface area contributed by atoms with Gasteiger partial charge in [0, 0.05) is 5.92 Å². The minimum absolute atomic E-state index is 0.0384. The molecule has 0 unspecified atom stereocenters. The average Bonchev–Trinajstić information content (AvgIpc) is 3.11. The first-order valence-corrected chi connectivity index (χ1v) is 6.03. The van der Waals surface area contributed by atoms with Gasteiger partial charge in [0.1, 0.15) is 5.82 Å². The number of halogens is 1. The third-order valence-electron chi connectivity index (χ3n) is 3.27. The van der Waals surface area contributed by atoms with Gasteiger partial charge in [-0.25, -0.2) is 13.9 Å². The fourth-order valence-electron chi connectivity index (χ4n) is 2.07. The van der Waals surface area contributed by atoms with Crippen LogP contribution in [-0.4, -0.2) is 26.1 Å². The number of nitrogens with zero attached hydrogens (tertiary/aromatic N) is 3. The lowest BCUT2D eigenvalue weighted by Crippen LogP contribution is -2.06. The van der Waals surface area contributed by atoms with Gasteiger partial charge in [-0.15, -0.1) is 5.10 Å². The molecule has 0 amide bonds. The molecule has 3 rings (SSSR count). The first-order valence-electron chi connectivity index (χ1n) is 6.03. The number of rotatable bonds is 3. The van der Waals surface area contributed by atoms with E-state index in [1.165, 1.54) is 10.7 Å². The zero-order chi connectivity index (χ0) is 13.6. The Morgan fingerprint density at radius 1 is 1.47 bits per heavy atom. The molecule has 5 nitrogen and oxygen atoms in total. The van der Waals surface area contributed by atoms with Crippen LogP contribution in [0.3, 0.4) is 0 Å². The maximum absolute atomic E-state index is 13.6. The molecule has 1 aromatic carbocycles. The van der Waals surface area contributed by atoms with E-state index >= 15 is 0 Å². The number of hydrogen-bond donors (Lipinski definition) is 1. The number of aryl methyl sites for hydroxylation is 1. The van der Waals surface area contributed by atoms with Crippen molar-refractivity contribution < 1.29 is 14.3 Å². The highest BCUT2D eigenvalue weighted by atomic mass is 19.1. The molecular formula is C13H12FN3O2. The summed E-state index contributed by atoms with van der Waals surface area (Å²) in [6, 6.07) is 4.70. The van der Waals surface area contributed by atoms with E-state index in [4.69, 9.17) is 5.11 Å². The summed E-state index contributed by atoms with van der Waals surface area (Å²) in [4.78, 5) is 11.1. The van der Waals surface area contributed by atoms with E-state index in [0.29, 0.717) is 16.9 Å². The zero-order valence-electron chi connectivity index (χ0n) is 10.3. The Morgan fingerprint density at radius 2 is 2.21 bits per heavy atom. The number of carboxylic acid groups (broad SMARTS) is 1. The Bertz CT molecular complexity index is 662. The molecule has 1 N–H and O–H groups in total. The van der Waals surface area contributed by atoms with Gasteiger partial charge >= 0.3 is 5.97 Å². The highest BCUT2D eigenvalue weighted by molar-refractivity contribution is 5.87. The lowest BCUT2D eigenvalue weighted by molar-refractivity contribution is 0.0689. The van der Waals surface area contributed by atoms with E-state index in [1.54, 1.807) is 19.1 Å². The monoisotopic (exact) mass is 261 g/mol. The van der Waals surface area contributed by atoms with Crippen molar-refractivity contribution in [2.75, 3.05) is 0 Å². The summed E-state index contributed by atoms with van der Waals surface area (Å²) < 4.78 is 15.0. The predicted octanol–water partition coefficient (Wildman–Crippen LogP) is 2.29. The van der Waals surface area contributed by atoms with Crippen molar-refractivity contribution in [3.8, 4) is 5.69 Å². The summed E-state index contributed by atoms with van der Waals surface area (Å²) in [6.45, 7) is 1.67. The number of hydrogen-bond acceptors (Lipinski definition) is 3. The minimum Gasteiger partial charge on any atom is -0.476 e. The fraction of sp³-hybridized carbons (Fsp3) is 0.308.